The van der Waals surface area contributed by atoms with Gasteiger partial charge < -0.3 is 15.6 Å². The highest BCUT2D eigenvalue weighted by atomic mass is 15.2. The molecule has 1 saturated carbocycles. The lowest BCUT2D eigenvalue weighted by Gasteiger charge is -2.28. The highest BCUT2D eigenvalue weighted by Gasteiger charge is 2.21. The fourth-order valence-corrected chi connectivity index (χ4v) is 3.35. The van der Waals surface area contributed by atoms with Gasteiger partial charge in [0.15, 0.2) is 11.5 Å². The van der Waals surface area contributed by atoms with Gasteiger partial charge in [0.1, 0.15) is 5.52 Å². The van der Waals surface area contributed by atoms with Crippen molar-refractivity contribution in [2.45, 2.75) is 45.6 Å². The maximum Gasteiger partial charge on any atom is 0.231 e. The van der Waals surface area contributed by atoms with Crippen molar-refractivity contribution in [3.63, 3.8) is 0 Å². The molecule has 3 aromatic rings. The topological polar surface area (TPSA) is 107 Å². The number of hydrogen-bond acceptors (Lipinski definition) is 6. The fourth-order valence-electron chi connectivity index (χ4n) is 3.35. The van der Waals surface area contributed by atoms with Crippen molar-refractivity contribution < 1.29 is 0 Å². The standard InChI is InChI=1S/C16H22N8/c1-9-4-3-5-11(6-9)20-15-13-14(18-8-17-13)22-16(23-15)21-12-7-19-24-10(12)2/h7-9,11H,3-6H2,1-2H3,(H,19,24)(H3,17,18,20,21,22,23). The summed E-state index contributed by atoms with van der Waals surface area (Å²) in [5.41, 5.74) is 3.31. The third-order valence-corrected chi connectivity index (χ3v) is 4.64. The molecule has 126 valence electrons. The number of aromatic nitrogens is 6. The van der Waals surface area contributed by atoms with Crippen LogP contribution in [0.3, 0.4) is 0 Å². The molecule has 0 amide bonds. The highest BCUT2D eigenvalue weighted by molar-refractivity contribution is 5.84. The summed E-state index contributed by atoms with van der Waals surface area (Å²) in [6.45, 7) is 4.26. The number of H-pyrrole nitrogens is 2. The first-order valence-electron chi connectivity index (χ1n) is 8.43. The SMILES string of the molecule is Cc1[nH]ncc1Nc1nc(NC2CCCC(C)C2)c2[nH]cnc2n1. The number of hydrogen-bond donors (Lipinski definition) is 4. The van der Waals surface area contributed by atoms with Crippen LogP contribution in [0.4, 0.5) is 17.5 Å². The Morgan fingerprint density at radius 2 is 2.17 bits per heavy atom. The maximum atomic E-state index is 4.66. The minimum Gasteiger partial charge on any atom is -0.365 e. The lowest BCUT2D eigenvalue weighted by Crippen LogP contribution is -2.27. The molecule has 3 heterocycles. The molecule has 8 heteroatoms. The average Bonchev–Trinajstić information content (AvgIpc) is 3.17. The van der Waals surface area contributed by atoms with Gasteiger partial charge in [0, 0.05) is 6.04 Å². The Balaban J connectivity index is 1.63. The van der Waals surface area contributed by atoms with E-state index in [1.165, 1.54) is 25.7 Å². The zero-order valence-electron chi connectivity index (χ0n) is 13.9. The van der Waals surface area contributed by atoms with Crippen molar-refractivity contribution >= 4 is 28.6 Å². The smallest absolute Gasteiger partial charge is 0.231 e. The van der Waals surface area contributed by atoms with E-state index in [1.54, 1.807) is 12.5 Å². The molecular formula is C16H22N8. The average molecular weight is 326 g/mol. The summed E-state index contributed by atoms with van der Waals surface area (Å²) in [6, 6.07) is 0.443. The number of nitrogens with one attached hydrogen (secondary N) is 4. The number of rotatable bonds is 4. The second-order valence-electron chi connectivity index (χ2n) is 6.64. The molecule has 8 nitrogen and oxygen atoms in total. The quantitative estimate of drug-likeness (QED) is 0.587. The van der Waals surface area contributed by atoms with Crippen LogP contribution in [0.25, 0.3) is 11.2 Å². The second kappa shape index (κ2) is 6.10. The molecule has 4 rings (SSSR count). The molecule has 1 fully saturated rings. The van der Waals surface area contributed by atoms with Crippen LogP contribution in [-0.2, 0) is 0 Å². The van der Waals surface area contributed by atoms with E-state index in [0.717, 1.165) is 28.6 Å². The third-order valence-electron chi connectivity index (χ3n) is 4.64. The first kappa shape index (κ1) is 14.9. The monoisotopic (exact) mass is 326 g/mol. The van der Waals surface area contributed by atoms with Crippen LogP contribution in [0.5, 0.6) is 0 Å². The van der Waals surface area contributed by atoms with Crippen LogP contribution >= 0.6 is 0 Å². The molecule has 1 aliphatic rings. The zero-order valence-corrected chi connectivity index (χ0v) is 13.9. The summed E-state index contributed by atoms with van der Waals surface area (Å²) >= 11 is 0. The summed E-state index contributed by atoms with van der Waals surface area (Å²) in [4.78, 5) is 16.6. The van der Waals surface area contributed by atoms with Crippen molar-refractivity contribution in [2.24, 2.45) is 5.92 Å². The summed E-state index contributed by atoms with van der Waals surface area (Å²) in [6.07, 6.45) is 8.30. The zero-order chi connectivity index (χ0) is 16.5. The van der Waals surface area contributed by atoms with Crippen molar-refractivity contribution in [2.75, 3.05) is 10.6 Å². The van der Waals surface area contributed by atoms with Gasteiger partial charge in [0.2, 0.25) is 5.95 Å². The van der Waals surface area contributed by atoms with Gasteiger partial charge in [-0.1, -0.05) is 19.8 Å². The van der Waals surface area contributed by atoms with Gasteiger partial charge in [-0.25, -0.2) is 4.98 Å². The van der Waals surface area contributed by atoms with Gasteiger partial charge in [0.05, 0.1) is 23.9 Å². The van der Waals surface area contributed by atoms with Crippen molar-refractivity contribution in [1.29, 1.82) is 0 Å². The molecule has 4 N–H and O–H groups in total. The molecule has 24 heavy (non-hydrogen) atoms. The summed E-state index contributed by atoms with van der Waals surface area (Å²) in [5, 5.41) is 13.7. The Morgan fingerprint density at radius 3 is 2.96 bits per heavy atom. The third kappa shape index (κ3) is 2.91. The predicted octanol–water partition coefficient (Wildman–Crippen LogP) is 3.12. The molecule has 0 aliphatic heterocycles. The van der Waals surface area contributed by atoms with E-state index in [4.69, 9.17) is 0 Å². The molecule has 0 saturated heterocycles. The van der Waals surface area contributed by atoms with Gasteiger partial charge >= 0.3 is 0 Å². The molecular weight excluding hydrogens is 304 g/mol. The van der Waals surface area contributed by atoms with Crippen molar-refractivity contribution in [3.8, 4) is 0 Å². The lowest BCUT2D eigenvalue weighted by atomic mass is 9.87. The Bertz CT molecular complexity index is 836. The minimum absolute atomic E-state index is 0.443. The fraction of sp³-hybridized carbons (Fsp3) is 0.500. The molecule has 2 unspecified atom stereocenters. The number of nitrogens with zero attached hydrogens (tertiary/aromatic N) is 4. The Labute approximate surface area is 139 Å². The summed E-state index contributed by atoms with van der Waals surface area (Å²) < 4.78 is 0. The number of fused-ring (bicyclic) bond motifs is 1. The number of imidazole rings is 1. The first-order valence-corrected chi connectivity index (χ1v) is 8.43. The van der Waals surface area contributed by atoms with Crippen LogP contribution in [0, 0.1) is 12.8 Å². The first-order chi connectivity index (χ1) is 11.7. The van der Waals surface area contributed by atoms with E-state index in [2.05, 4.69) is 47.7 Å². The van der Waals surface area contributed by atoms with Crippen LogP contribution in [-0.4, -0.2) is 36.2 Å². The summed E-state index contributed by atoms with van der Waals surface area (Å²) in [7, 11) is 0. The second-order valence-corrected chi connectivity index (χ2v) is 6.64. The molecule has 3 aromatic heterocycles. The van der Waals surface area contributed by atoms with Gasteiger partial charge in [-0.15, -0.1) is 0 Å². The highest BCUT2D eigenvalue weighted by Crippen LogP contribution is 2.28. The van der Waals surface area contributed by atoms with Gasteiger partial charge in [-0.2, -0.15) is 15.1 Å². The van der Waals surface area contributed by atoms with E-state index in [-0.39, 0.29) is 0 Å². The normalized spacial score (nSPS) is 21.1. The van der Waals surface area contributed by atoms with Crippen LogP contribution in [0.15, 0.2) is 12.5 Å². The van der Waals surface area contributed by atoms with Crippen LogP contribution < -0.4 is 10.6 Å². The molecule has 1 aliphatic carbocycles. The van der Waals surface area contributed by atoms with Gasteiger partial charge in [-0.3, -0.25) is 5.10 Å². The van der Waals surface area contributed by atoms with Crippen LogP contribution in [0.2, 0.25) is 0 Å². The predicted molar refractivity (Wildman–Crippen MR) is 93.3 cm³/mol. The van der Waals surface area contributed by atoms with E-state index in [1.807, 2.05) is 6.92 Å². The molecule has 0 spiro atoms. The Kier molecular flexibility index (Phi) is 3.79. The molecule has 0 bridgehead atoms. The van der Waals surface area contributed by atoms with Gasteiger partial charge in [0.25, 0.3) is 0 Å². The largest absolute Gasteiger partial charge is 0.365 e. The lowest BCUT2D eigenvalue weighted by molar-refractivity contribution is 0.358. The Hall–Kier alpha value is -2.64. The molecule has 2 atom stereocenters. The molecule has 0 aromatic carbocycles. The van der Waals surface area contributed by atoms with Crippen LogP contribution in [0.1, 0.15) is 38.3 Å². The number of aromatic amines is 2. The van der Waals surface area contributed by atoms with Crippen molar-refractivity contribution in [1.82, 2.24) is 30.1 Å². The van der Waals surface area contributed by atoms with E-state index < -0.39 is 0 Å². The summed E-state index contributed by atoms with van der Waals surface area (Å²) in [5.74, 6) is 2.08. The van der Waals surface area contributed by atoms with E-state index in [0.29, 0.717) is 17.6 Å². The number of anilines is 3. The van der Waals surface area contributed by atoms with E-state index >= 15 is 0 Å². The van der Waals surface area contributed by atoms with E-state index in [9.17, 15) is 0 Å². The Morgan fingerprint density at radius 1 is 1.25 bits per heavy atom. The maximum absolute atomic E-state index is 4.66. The van der Waals surface area contributed by atoms with Gasteiger partial charge in [-0.05, 0) is 25.7 Å². The minimum atomic E-state index is 0.443. The number of aryl methyl sites for hydroxylation is 1. The van der Waals surface area contributed by atoms with Crippen molar-refractivity contribution in [3.05, 3.63) is 18.2 Å². The molecule has 0 radical (unpaired) electrons.